The average molecular weight is 535 g/mol. The molecule has 0 saturated carbocycles. The molecule has 2 aromatic carbocycles. The third kappa shape index (κ3) is 5.02. The number of hydrogen-bond donors (Lipinski definition) is 2. The molecule has 0 aliphatic carbocycles. The highest BCUT2D eigenvalue weighted by Crippen LogP contribution is 2.44. The van der Waals surface area contributed by atoms with Gasteiger partial charge in [-0.2, -0.15) is 0 Å². The van der Waals surface area contributed by atoms with Gasteiger partial charge in [0.05, 0.1) is 18.8 Å². The van der Waals surface area contributed by atoms with Crippen LogP contribution in [0.15, 0.2) is 30.3 Å². The number of benzene rings is 2. The molecule has 0 unspecified atom stereocenters. The van der Waals surface area contributed by atoms with Crippen molar-refractivity contribution in [1.82, 2.24) is 14.8 Å². The predicted octanol–water partition coefficient (Wildman–Crippen LogP) is 6.52. The van der Waals surface area contributed by atoms with Crippen LogP contribution in [0.4, 0.5) is 27.6 Å². The van der Waals surface area contributed by atoms with Crippen LogP contribution >= 0.6 is 0 Å². The zero-order valence-electron chi connectivity index (χ0n) is 22.1. The van der Waals surface area contributed by atoms with Crippen molar-refractivity contribution in [2.24, 2.45) is 0 Å². The summed E-state index contributed by atoms with van der Waals surface area (Å²) in [6.07, 6.45) is 1.14. The molecule has 206 valence electrons. The lowest BCUT2D eigenvalue weighted by Crippen LogP contribution is -2.54. The van der Waals surface area contributed by atoms with Gasteiger partial charge in [-0.1, -0.05) is 13.0 Å². The van der Waals surface area contributed by atoms with Gasteiger partial charge >= 0.3 is 0 Å². The van der Waals surface area contributed by atoms with Gasteiger partial charge in [0.2, 0.25) is 0 Å². The van der Waals surface area contributed by atoms with Crippen molar-refractivity contribution in [1.29, 1.82) is 0 Å². The summed E-state index contributed by atoms with van der Waals surface area (Å²) in [4.78, 5) is 7.09. The van der Waals surface area contributed by atoms with Gasteiger partial charge in [-0.3, -0.25) is 14.2 Å². The van der Waals surface area contributed by atoms with Gasteiger partial charge < -0.3 is 10.3 Å². The van der Waals surface area contributed by atoms with Crippen LogP contribution in [0.2, 0.25) is 0 Å². The zero-order chi connectivity index (χ0) is 27.2. The smallest absolute Gasteiger partial charge is 0.133 e. The number of halogens is 5. The summed E-state index contributed by atoms with van der Waals surface area (Å²) in [7, 11) is 0. The largest absolute Gasteiger partial charge is 0.380 e. The molecule has 9 heteroatoms. The maximum absolute atomic E-state index is 15.8. The number of nitrogens with zero attached hydrogens (tertiary/aromatic N) is 2. The Morgan fingerprint density at radius 2 is 1.82 bits per heavy atom. The molecule has 3 atom stereocenters. The van der Waals surface area contributed by atoms with Gasteiger partial charge in [0.1, 0.15) is 23.1 Å². The number of nitrogens with one attached hydrogen (secondary N) is 2. The van der Waals surface area contributed by atoms with Crippen LogP contribution in [0.1, 0.15) is 56.5 Å². The lowest BCUT2D eigenvalue weighted by atomic mass is 9.86. The summed E-state index contributed by atoms with van der Waals surface area (Å²) in [6.45, 7) is 6.74. The first-order chi connectivity index (χ1) is 18.1. The molecule has 2 aliphatic rings. The summed E-state index contributed by atoms with van der Waals surface area (Å²) < 4.78 is 74.3. The molecule has 1 aromatic heterocycles. The number of alkyl halides is 2. The number of rotatable bonds is 9. The van der Waals surface area contributed by atoms with E-state index in [1.54, 1.807) is 24.0 Å². The molecule has 2 aliphatic heterocycles. The first-order valence-electron chi connectivity index (χ1n) is 13.4. The molecule has 0 bridgehead atoms. The van der Waals surface area contributed by atoms with E-state index in [-0.39, 0.29) is 37.3 Å². The lowest BCUT2D eigenvalue weighted by molar-refractivity contribution is 0.0515. The first-order valence-corrected chi connectivity index (χ1v) is 13.4. The normalized spacial score (nSPS) is 22.3. The average Bonchev–Trinajstić information content (AvgIpc) is 3.21. The second-order valence-corrected chi connectivity index (χ2v) is 11.1. The topological polar surface area (TPSA) is 34.3 Å². The number of aromatic amines is 1. The van der Waals surface area contributed by atoms with E-state index < -0.39 is 29.2 Å². The van der Waals surface area contributed by atoms with Crippen LogP contribution < -0.4 is 5.32 Å². The molecule has 3 heterocycles. The Bertz CT molecular complexity index is 1280. The zero-order valence-corrected chi connectivity index (χ0v) is 22.1. The number of hydrogen-bond acceptors (Lipinski definition) is 3. The molecule has 1 fully saturated rings. The van der Waals surface area contributed by atoms with Crippen molar-refractivity contribution in [3.8, 4) is 0 Å². The van der Waals surface area contributed by atoms with Gasteiger partial charge in [0.15, 0.2) is 0 Å². The summed E-state index contributed by atoms with van der Waals surface area (Å²) in [5.41, 5.74) is 0.285. The van der Waals surface area contributed by atoms with E-state index >= 15 is 13.2 Å². The molecule has 1 saturated heterocycles. The predicted molar refractivity (Wildman–Crippen MR) is 141 cm³/mol. The molecular formula is C29H35F5N4. The molecule has 0 radical (unpaired) electrons. The fraction of sp³-hybridized carbons (Fsp3) is 0.517. The van der Waals surface area contributed by atoms with Gasteiger partial charge in [-0.25, -0.2) is 17.6 Å². The minimum absolute atomic E-state index is 0.0190. The van der Waals surface area contributed by atoms with Gasteiger partial charge in [0, 0.05) is 60.1 Å². The van der Waals surface area contributed by atoms with Gasteiger partial charge in [-0.05, 0) is 62.9 Å². The maximum Gasteiger partial charge on any atom is 0.133 e. The third-order valence-corrected chi connectivity index (χ3v) is 8.12. The Labute approximate surface area is 220 Å². The van der Waals surface area contributed by atoms with E-state index in [0.717, 1.165) is 0 Å². The second-order valence-electron chi connectivity index (χ2n) is 11.1. The monoisotopic (exact) mass is 534 g/mol. The van der Waals surface area contributed by atoms with Crippen molar-refractivity contribution in [3.05, 3.63) is 64.6 Å². The van der Waals surface area contributed by atoms with Crippen molar-refractivity contribution < 1.29 is 22.0 Å². The van der Waals surface area contributed by atoms with E-state index in [9.17, 15) is 8.78 Å². The van der Waals surface area contributed by atoms with E-state index in [0.29, 0.717) is 60.3 Å². The highest BCUT2D eigenvalue weighted by atomic mass is 19.2. The Kier molecular flexibility index (Phi) is 7.44. The van der Waals surface area contributed by atoms with Crippen molar-refractivity contribution >= 4 is 16.6 Å². The first kappa shape index (κ1) is 26.9. The molecule has 0 spiro atoms. The van der Waals surface area contributed by atoms with E-state index in [2.05, 4.69) is 15.2 Å². The number of likely N-dealkylation sites (tertiary alicyclic amines) is 1. The standard InChI is InChI=1S/C29H35F5N4/c1-4-29(3,34)16-38-17(2)11-20-25-21(31)7-5-8-24(25)36-27(20)28(38)26-22(32)12-18(13-23(26)33)35-19-14-37(15-19)10-6-9-30/h5,7-8,12-13,17,19,28,35-36H,4,6,9-11,14-16H2,1-3H3/t17-,28-,29+/m1/s1. The summed E-state index contributed by atoms with van der Waals surface area (Å²) in [5, 5.41) is 3.58. The Balaban J connectivity index is 1.52. The van der Waals surface area contributed by atoms with Crippen molar-refractivity contribution in [3.63, 3.8) is 0 Å². The number of H-pyrrole nitrogens is 1. The molecule has 38 heavy (non-hydrogen) atoms. The lowest BCUT2D eigenvalue weighted by Gasteiger charge is -2.43. The summed E-state index contributed by atoms with van der Waals surface area (Å²) in [6, 6.07) is 6.04. The Hall–Kier alpha value is -2.65. The van der Waals surface area contributed by atoms with E-state index in [4.69, 9.17) is 0 Å². The highest BCUT2D eigenvalue weighted by molar-refractivity contribution is 5.86. The molecule has 0 amide bonds. The number of anilines is 1. The number of fused-ring (bicyclic) bond motifs is 3. The molecule has 2 N–H and O–H groups in total. The van der Waals surface area contributed by atoms with Gasteiger partial charge in [-0.15, -0.1) is 0 Å². The molecular weight excluding hydrogens is 499 g/mol. The van der Waals surface area contributed by atoms with Crippen LogP contribution in [0, 0.1) is 17.5 Å². The minimum atomic E-state index is -1.58. The molecule has 3 aromatic rings. The van der Waals surface area contributed by atoms with Crippen LogP contribution in [-0.4, -0.2) is 65.4 Å². The number of aromatic nitrogens is 1. The van der Waals surface area contributed by atoms with Crippen LogP contribution in [-0.2, 0) is 6.42 Å². The quantitative estimate of drug-likeness (QED) is 0.307. The van der Waals surface area contributed by atoms with E-state index in [1.165, 1.54) is 25.1 Å². The second kappa shape index (κ2) is 10.5. The SMILES string of the molecule is CC[C@](C)(F)CN1[C@H](c2c(F)cc(NC3CN(CCCF)C3)cc2F)c2[nH]c3cccc(F)c3c2C[C@H]1C. The van der Waals surface area contributed by atoms with Crippen LogP contribution in [0.5, 0.6) is 0 Å². The Morgan fingerprint density at radius 1 is 1.11 bits per heavy atom. The highest BCUT2D eigenvalue weighted by Gasteiger charge is 2.42. The van der Waals surface area contributed by atoms with E-state index in [1.807, 2.05) is 6.92 Å². The molecule has 4 nitrogen and oxygen atoms in total. The fourth-order valence-electron chi connectivity index (χ4n) is 5.91. The fourth-order valence-corrected chi connectivity index (χ4v) is 5.91. The maximum atomic E-state index is 15.8. The minimum Gasteiger partial charge on any atom is -0.380 e. The third-order valence-electron chi connectivity index (χ3n) is 8.12. The molecule has 5 rings (SSSR count). The van der Waals surface area contributed by atoms with Crippen LogP contribution in [0.25, 0.3) is 10.9 Å². The van der Waals surface area contributed by atoms with Crippen molar-refractivity contribution in [2.45, 2.75) is 63.8 Å². The van der Waals surface area contributed by atoms with Crippen LogP contribution in [0.3, 0.4) is 0 Å². The van der Waals surface area contributed by atoms with Crippen molar-refractivity contribution in [2.75, 3.05) is 38.2 Å². The van der Waals surface area contributed by atoms with Gasteiger partial charge in [0.25, 0.3) is 0 Å². The summed E-state index contributed by atoms with van der Waals surface area (Å²) >= 11 is 0. The summed E-state index contributed by atoms with van der Waals surface area (Å²) in [5.74, 6) is -1.88. The Morgan fingerprint density at radius 3 is 2.47 bits per heavy atom.